The smallest absolute Gasteiger partial charge is 0.124 e. The van der Waals surface area contributed by atoms with Crippen molar-refractivity contribution in [3.63, 3.8) is 0 Å². The summed E-state index contributed by atoms with van der Waals surface area (Å²) >= 11 is 0. The fourth-order valence-electron chi connectivity index (χ4n) is 2.71. The first-order valence-electron chi connectivity index (χ1n) is 8.13. The first-order valence-corrected chi connectivity index (χ1v) is 8.13. The number of hydrogen-bond donors (Lipinski definition) is 0. The number of aldehydes is 1. The van der Waals surface area contributed by atoms with E-state index in [9.17, 15) is 4.79 Å². The van der Waals surface area contributed by atoms with E-state index in [1.54, 1.807) is 0 Å². The third-order valence-electron chi connectivity index (χ3n) is 4.10. The molecule has 2 nitrogen and oxygen atoms in total. The van der Waals surface area contributed by atoms with Crippen LogP contribution in [0, 0.1) is 13.8 Å². The van der Waals surface area contributed by atoms with Crippen molar-refractivity contribution in [2.45, 2.75) is 20.3 Å². The Morgan fingerprint density at radius 3 is 1.42 bits per heavy atom. The van der Waals surface area contributed by atoms with Gasteiger partial charge in [-0.25, -0.2) is 0 Å². The predicted octanol–water partition coefficient (Wildman–Crippen LogP) is 5.51. The van der Waals surface area contributed by atoms with Crippen LogP contribution in [0.15, 0.2) is 72.8 Å². The van der Waals surface area contributed by atoms with Crippen molar-refractivity contribution >= 4 is 23.3 Å². The Balaban J connectivity index is 2.05. The molecule has 0 saturated heterocycles. The van der Waals surface area contributed by atoms with E-state index in [4.69, 9.17) is 0 Å². The van der Waals surface area contributed by atoms with Gasteiger partial charge in [0.25, 0.3) is 0 Å². The summed E-state index contributed by atoms with van der Waals surface area (Å²) in [6.45, 7) is 4.18. The molecule has 0 aliphatic rings. The fraction of sp³-hybridized carbons (Fsp3) is 0.136. The third-order valence-corrected chi connectivity index (χ3v) is 4.10. The molecule has 0 radical (unpaired) electrons. The molecule has 24 heavy (non-hydrogen) atoms. The number of rotatable bonds is 5. The fourth-order valence-corrected chi connectivity index (χ4v) is 2.71. The van der Waals surface area contributed by atoms with E-state index < -0.39 is 0 Å². The van der Waals surface area contributed by atoms with Gasteiger partial charge < -0.3 is 9.69 Å². The summed E-state index contributed by atoms with van der Waals surface area (Å²) < 4.78 is 0. The number of anilines is 3. The summed E-state index contributed by atoms with van der Waals surface area (Å²) in [5.74, 6) is 0. The van der Waals surface area contributed by atoms with Crippen molar-refractivity contribution in [2.24, 2.45) is 0 Å². The lowest BCUT2D eigenvalue weighted by Gasteiger charge is -2.26. The van der Waals surface area contributed by atoms with Crippen molar-refractivity contribution in [3.8, 4) is 0 Å². The van der Waals surface area contributed by atoms with Gasteiger partial charge in [-0.05, 0) is 55.8 Å². The molecule has 0 heterocycles. The molecule has 120 valence electrons. The summed E-state index contributed by atoms with van der Waals surface area (Å²) in [5.41, 5.74) is 6.83. The number of aryl methyl sites for hydroxylation is 2. The third kappa shape index (κ3) is 3.54. The van der Waals surface area contributed by atoms with Gasteiger partial charge in [-0.2, -0.15) is 0 Å². The molecule has 0 fully saturated rings. The van der Waals surface area contributed by atoms with Crippen molar-refractivity contribution in [2.75, 3.05) is 4.90 Å². The molecule has 0 aliphatic heterocycles. The standard InChI is InChI=1S/C22H21NO/c1-17-3-9-20(10-4-17)23(21-11-5-18(2)6-12-21)22-13-7-19(8-14-22)15-16-24/h3-14,16H,15H2,1-2H3. The van der Waals surface area contributed by atoms with Crippen LogP contribution in [0.3, 0.4) is 0 Å². The lowest BCUT2D eigenvalue weighted by molar-refractivity contribution is -0.107. The molecule has 0 atom stereocenters. The Labute approximate surface area is 143 Å². The first kappa shape index (κ1) is 16.0. The van der Waals surface area contributed by atoms with E-state index in [1.165, 1.54) is 11.1 Å². The lowest BCUT2D eigenvalue weighted by Crippen LogP contribution is -2.10. The van der Waals surface area contributed by atoms with Crippen LogP contribution in [-0.2, 0) is 11.2 Å². The largest absolute Gasteiger partial charge is 0.311 e. The molecule has 0 amide bonds. The van der Waals surface area contributed by atoms with Crippen LogP contribution in [0.4, 0.5) is 17.1 Å². The summed E-state index contributed by atoms with van der Waals surface area (Å²) in [6.07, 6.45) is 1.39. The molecule has 3 aromatic carbocycles. The Morgan fingerprint density at radius 1 is 0.667 bits per heavy atom. The molecule has 0 aromatic heterocycles. The molecule has 0 unspecified atom stereocenters. The quantitative estimate of drug-likeness (QED) is 0.578. The Hall–Kier alpha value is -2.87. The minimum atomic E-state index is 0.454. The zero-order valence-electron chi connectivity index (χ0n) is 14.1. The molecular weight excluding hydrogens is 294 g/mol. The van der Waals surface area contributed by atoms with Crippen molar-refractivity contribution in [1.29, 1.82) is 0 Å². The molecular formula is C22H21NO. The number of carbonyl (C=O) groups is 1. The minimum Gasteiger partial charge on any atom is -0.311 e. The topological polar surface area (TPSA) is 20.3 Å². The molecule has 2 heteroatoms. The van der Waals surface area contributed by atoms with Crippen LogP contribution in [0.5, 0.6) is 0 Å². The van der Waals surface area contributed by atoms with Gasteiger partial charge in [-0.1, -0.05) is 47.5 Å². The highest BCUT2D eigenvalue weighted by atomic mass is 16.1. The Bertz CT molecular complexity index is 757. The van der Waals surface area contributed by atoms with Crippen LogP contribution in [-0.4, -0.2) is 6.29 Å². The van der Waals surface area contributed by atoms with Gasteiger partial charge in [-0.3, -0.25) is 0 Å². The molecule has 3 rings (SSSR count). The summed E-state index contributed by atoms with van der Waals surface area (Å²) in [4.78, 5) is 12.9. The molecule has 0 aliphatic carbocycles. The average Bonchev–Trinajstić information content (AvgIpc) is 2.60. The van der Waals surface area contributed by atoms with E-state index in [1.807, 2.05) is 12.1 Å². The summed E-state index contributed by atoms with van der Waals surface area (Å²) in [6, 6.07) is 25.2. The summed E-state index contributed by atoms with van der Waals surface area (Å²) in [7, 11) is 0. The second kappa shape index (κ2) is 7.14. The molecule has 0 saturated carbocycles. The highest BCUT2D eigenvalue weighted by Crippen LogP contribution is 2.34. The number of carbonyl (C=O) groups excluding carboxylic acids is 1. The van der Waals surface area contributed by atoms with Gasteiger partial charge >= 0.3 is 0 Å². The second-order valence-electron chi connectivity index (χ2n) is 6.04. The van der Waals surface area contributed by atoms with Gasteiger partial charge in [0.15, 0.2) is 0 Å². The number of nitrogens with zero attached hydrogens (tertiary/aromatic N) is 1. The minimum absolute atomic E-state index is 0.454. The highest BCUT2D eigenvalue weighted by molar-refractivity contribution is 5.76. The molecule has 0 bridgehead atoms. The summed E-state index contributed by atoms with van der Waals surface area (Å²) in [5, 5.41) is 0. The lowest BCUT2D eigenvalue weighted by atomic mass is 10.1. The van der Waals surface area contributed by atoms with Crippen LogP contribution in [0.1, 0.15) is 16.7 Å². The van der Waals surface area contributed by atoms with Gasteiger partial charge in [0, 0.05) is 23.5 Å². The average molecular weight is 315 g/mol. The highest BCUT2D eigenvalue weighted by Gasteiger charge is 2.12. The monoisotopic (exact) mass is 315 g/mol. The van der Waals surface area contributed by atoms with Crippen LogP contribution < -0.4 is 4.90 Å². The normalized spacial score (nSPS) is 10.4. The Kier molecular flexibility index (Phi) is 4.76. The van der Waals surface area contributed by atoms with Crippen LogP contribution >= 0.6 is 0 Å². The zero-order valence-corrected chi connectivity index (χ0v) is 14.1. The maximum absolute atomic E-state index is 10.7. The predicted molar refractivity (Wildman–Crippen MR) is 100 cm³/mol. The van der Waals surface area contributed by atoms with Gasteiger partial charge in [0.2, 0.25) is 0 Å². The van der Waals surface area contributed by atoms with Crippen LogP contribution in [0.25, 0.3) is 0 Å². The van der Waals surface area contributed by atoms with Gasteiger partial charge in [0.05, 0.1) is 0 Å². The second-order valence-corrected chi connectivity index (χ2v) is 6.04. The van der Waals surface area contributed by atoms with E-state index in [0.29, 0.717) is 6.42 Å². The Morgan fingerprint density at radius 2 is 1.04 bits per heavy atom. The number of benzene rings is 3. The molecule has 0 spiro atoms. The van der Waals surface area contributed by atoms with Gasteiger partial charge in [-0.15, -0.1) is 0 Å². The zero-order chi connectivity index (χ0) is 16.9. The van der Waals surface area contributed by atoms with E-state index in [0.717, 1.165) is 28.9 Å². The molecule has 0 N–H and O–H groups in total. The SMILES string of the molecule is Cc1ccc(N(c2ccc(C)cc2)c2ccc(CC=O)cc2)cc1. The van der Waals surface area contributed by atoms with Crippen molar-refractivity contribution in [1.82, 2.24) is 0 Å². The van der Waals surface area contributed by atoms with Crippen molar-refractivity contribution < 1.29 is 4.79 Å². The molecule has 3 aromatic rings. The van der Waals surface area contributed by atoms with Crippen LogP contribution in [0.2, 0.25) is 0 Å². The van der Waals surface area contributed by atoms with Gasteiger partial charge in [0.1, 0.15) is 6.29 Å². The van der Waals surface area contributed by atoms with E-state index in [2.05, 4.69) is 79.4 Å². The van der Waals surface area contributed by atoms with E-state index >= 15 is 0 Å². The maximum atomic E-state index is 10.7. The maximum Gasteiger partial charge on any atom is 0.124 e. The van der Waals surface area contributed by atoms with Crippen molar-refractivity contribution in [3.05, 3.63) is 89.5 Å². The number of hydrogen-bond acceptors (Lipinski definition) is 2. The van der Waals surface area contributed by atoms with E-state index in [-0.39, 0.29) is 0 Å². The first-order chi connectivity index (χ1) is 11.7.